The molecule has 0 amide bonds. The van der Waals surface area contributed by atoms with Crippen molar-refractivity contribution in [3.05, 3.63) is 54.1 Å². The van der Waals surface area contributed by atoms with Crippen LogP contribution in [-0.4, -0.2) is 23.1 Å². The molecule has 2 aliphatic rings. The van der Waals surface area contributed by atoms with E-state index in [0.29, 0.717) is 12.1 Å². The molecule has 3 heterocycles. The van der Waals surface area contributed by atoms with Gasteiger partial charge >= 0.3 is 6.18 Å². The van der Waals surface area contributed by atoms with Gasteiger partial charge in [0, 0.05) is 30.9 Å². The Labute approximate surface area is 149 Å². The summed E-state index contributed by atoms with van der Waals surface area (Å²) in [7, 11) is 0. The van der Waals surface area contributed by atoms with Gasteiger partial charge in [-0.05, 0) is 43.0 Å². The van der Waals surface area contributed by atoms with Crippen molar-refractivity contribution in [3.8, 4) is 6.07 Å². The van der Waals surface area contributed by atoms with Gasteiger partial charge in [0.25, 0.3) is 0 Å². The van der Waals surface area contributed by atoms with Crippen molar-refractivity contribution >= 4 is 5.69 Å². The second-order valence-electron chi connectivity index (χ2n) is 7.54. The summed E-state index contributed by atoms with van der Waals surface area (Å²) in [6, 6.07) is 8.82. The molecule has 1 saturated carbocycles. The molecule has 0 N–H and O–H groups in total. The van der Waals surface area contributed by atoms with Crippen molar-refractivity contribution in [1.29, 1.82) is 5.26 Å². The van der Waals surface area contributed by atoms with E-state index < -0.39 is 11.9 Å². The van der Waals surface area contributed by atoms with Crippen LogP contribution in [0.1, 0.15) is 24.1 Å². The lowest BCUT2D eigenvalue weighted by Gasteiger charge is -2.62. The number of hydrogen-bond acceptors (Lipinski definition) is 4. The van der Waals surface area contributed by atoms with E-state index in [-0.39, 0.29) is 10.8 Å². The first-order chi connectivity index (χ1) is 12.3. The fourth-order valence-corrected chi connectivity index (χ4v) is 4.43. The molecular weight excluding hydrogens is 341 g/mol. The molecule has 1 aliphatic heterocycles. The smallest absolute Gasteiger partial charge is 0.369 e. The van der Waals surface area contributed by atoms with Crippen LogP contribution < -0.4 is 4.90 Å². The third-order valence-corrected chi connectivity index (χ3v) is 5.39. The molecule has 0 radical (unpaired) electrons. The summed E-state index contributed by atoms with van der Waals surface area (Å²) < 4.78 is 37.8. The minimum atomic E-state index is -4.42. The van der Waals surface area contributed by atoms with Crippen molar-refractivity contribution in [3.63, 3.8) is 0 Å². The number of hydrogen-bond donors (Lipinski definition) is 0. The second-order valence-corrected chi connectivity index (χ2v) is 7.54. The zero-order chi connectivity index (χ0) is 18.4. The molecule has 0 atom stereocenters. The maximum absolute atomic E-state index is 12.6. The van der Waals surface area contributed by atoms with Crippen LogP contribution in [0.4, 0.5) is 18.9 Å². The summed E-state index contributed by atoms with van der Waals surface area (Å²) in [5, 5.41) is 9.64. The number of pyridine rings is 2. The van der Waals surface area contributed by atoms with E-state index in [0.717, 1.165) is 37.6 Å². The van der Waals surface area contributed by atoms with Gasteiger partial charge in [-0.3, -0.25) is 4.98 Å². The highest BCUT2D eigenvalue weighted by molar-refractivity contribution is 5.50. The normalized spacial score (nSPS) is 20.2. The minimum Gasteiger partial charge on any atom is -0.369 e. The van der Waals surface area contributed by atoms with Crippen LogP contribution in [0.5, 0.6) is 0 Å². The Morgan fingerprint density at radius 2 is 1.92 bits per heavy atom. The SMILES string of the molecule is N#CC1(Cc2cccnc2)CC2(CN(c3ccc(C(F)(F)F)nc3)C2)C1. The quantitative estimate of drug-likeness (QED) is 0.836. The van der Waals surface area contributed by atoms with Crippen molar-refractivity contribution in [2.24, 2.45) is 10.8 Å². The van der Waals surface area contributed by atoms with Gasteiger partial charge in [0.1, 0.15) is 5.69 Å². The van der Waals surface area contributed by atoms with Crippen molar-refractivity contribution in [2.45, 2.75) is 25.4 Å². The lowest BCUT2D eigenvalue weighted by Crippen LogP contribution is -2.66. The molecule has 4 rings (SSSR count). The van der Waals surface area contributed by atoms with Gasteiger partial charge in [0.15, 0.2) is 0 Å². The summed E-state index contributed by atoms with van der Waals surface area (Å²) >= 11 is 0. The fourth-order valence-electron chi connectivity index (χ4n) is 4.43. The van der Waals surface area contributed by atoms with Crippen molar-refractivity contribution in [1.82, 2.24) is 9.97 Å². The highest BCUT2D eigenvalue weighted by Gasteiger charge is 2.60. The van der Waals surface area contributed by atoms with Gasteiger partial charge in [-0.15, -0.1) is 0 Å². The molecule has 1 saturated heterocycles. The predicted octanol–water partition coefficient (Wildman–Crippen LogP) is 3.85. The molecule has 0 unspecified atom stereocenters. The fraction of sp³-hybridized carbons (Fsp3) is 0.421. The Balaban J connectivity index is 1.37. The molecule has 0 bridgehead atoms. The van der Waals surface area contributed by atoms with Crippen molar-refractivity contribution in [2.75, 3.05) is 18.0 Å². The summed E-state index contributed by atoms with van der Waals surface area (Å²) in [6.07, 6.45) is 2.70. The zero-order valence-electron chi connectivity index (χ0n) is 14.0. The molecule has 26 heavy (non-hydrogen) atoms. The van der Waals surface area contributed by atoms with E-state index in [1.54, 1.807) is 12.4 Å². The molecule has 1 spiro atoms. The van der Waals surface area contributed by atoms with E-state index in [4.69, 9.17) is 0 Å². The number of rotatable bonds is 3. The zero-order valence-corrected chi connectivity index (χ0v) is 14.0. The van der Waals surface area contributed by atoms with E-state index in [1.165, 1.54) is 12.3 Å². The van der Waals surface area contributed by atoms with Gasteiger partial charge in [-0.25, -0.2) is 4.98 Å². The van der Waals surface area contributed by atoms with Gasteiger partial charge in [-0.2, -0.15) is 18.4 Å². The Kier molecular flexibility index (Phi) is 3.69. The van der Waals surface area contributed by atoms with Crippen LogP contribution >= 0.6 is 0 Å². The number of aromatic nitrogens is 2. The molecular formula is C19H17F3N4. The van der Waals surface area contributed by atoms with Crippen molar-refractivity contribution < 1.29 is 13.2 Å². The van der Waals surface area contributed by atoms with E-state index in [9.17, 15) is 18.4 Å². The van der Waals surface area contributed by atoms with E-state index in [1.807, 2.05) is 17.0 Å². The highest BCUT2D eigenvalue weighted by Crippen LogP contribution is 2.60. The molecule has 0 aromatic carbocycles. The van der Waals surface area contributed by atoms with Crippen LogP contribution in [-0.2, 0) is 12.6 Å². The van der Waals surface area contributed by atoms with Crippen LogP contribution in [0.2, 0.25) is 0 Å². The maximum Gasteiger partial charge on any atom is 0.433 e. The first kappa shape index (κ1) is 16.8. The first-order valence-corrected chi connectivity index (χ1v) is 8.42. The number of anilines is 1. The predicted molar refractivity (Wildman–Crippen MR) is 89.1 cm³/mol. The lowest BCUT2D eigenvalue weighted by molar-refractivity contribution is -0.141. The average molecular weight is 358 g/mol. The number of halogens is 3. The Morgan fingerprint density at radius 3 is 2.46 bits per heavy atom. The number of nitriles is 1. The summed E-state index contributed by atoms with van der Waals surface area (Å²) in [4.78, 5) is 9.65. The topological polar surface area (TPSA) is 52.8 Å². The van der Waals surface area contributed by atoms with Gasteiger partial charge in [0.2, 0.25) is 0 Å². The van der Waals surface area contributed by atoms with Gasteiger partial charge in [-0.1, -0.05) is 6.07 Å². The summed E-state index contributed by atoms with van der Waals surface area (Å²) in [6.45, 7) is 1.52. The number of alkyl halides is 3. The third kappa shape index (κ3) is 2.90. The summed E-state index contributed by atoms with van der Waals surface area (Å²) in [5.41, 5.74) is 0.631. The average Bonchev–Trinajstić information content (AvgIpc) is 2.56. The molecule has 2 aromatic rings. The first-order valence-electron chi connectivity index (χ1n) is 8.42. The van der Waals surface area contributed by atoms with Crippen LogP contribution in [0.3, 0.4) is 0 Å². The number of nitrogens with zero attached hydrogens (tertiary/aromatic N) is 4. The lowest BCUT2D eigenvalue weighted by atomic mass is 9.48. The Morgan fingerprint density at radius 1 is 1.15 bits per heavy atom. The molecule has 134 valence electrons. The monoisotopic (exact) mass is 358 g/mol. The van der Waals surface area contributed by atoms with Gasteiger partial charge in [0.05, 0.1) is 23.4 Å². The highest BCUT2D eigenvalue weighted by atomic mass is 19.4. The molecule has 2 fully saturated rings. The molecule has 1 aliphatic carbocycles. The van der Waals surface area contributed by atoms with Crippen LogP contribution in [0, 0.1) is 22.2 Å². The maximum atomic E-state index is 12.6. The Hall–Kier alpha value is -2.62. The minimum absolute atomic E-state index is 0.0979. The van der Waals surface area contributed by atoms with Crippen LogP contribution in [0.25, 0.3) is 0 Å². The van der Waals surface area contributed by atoms with Crippen LogP contribution in [0.15, 0.2) is 42.9 Å². The molecule has 7 heteroatoms. The summed E-state index contributed by atoms with van der Waals surface area (Å²) in [5.74, 6) is 0. The Bertz CT molecular complexity index is 826. The standard InChI is InChI=1S/C19H17F3N4/c20-19(21,22)16-4-3-15(8-25-16)26-12-18(13-26)9-17(10-18,11-23)6-14-2-1-5-24-7-14/h1-5,7-8H,6,9-10,12-13H2. The largest absolute Gasteiger partial charge is 0.433 e. The third-order valence-electron chi connectivity index (χ3n) is 5.39. The van der Waals surface area contributed by atoms with E-state index >= 15 is 0 Å². The molecule has 2 aromatic heterocycles. The van der Waals surface area contributed by atoms with E-state index in [2.05, 4.69) is 16.0 Å². The second kappa shape index (κ2) is 5.70. The molecule has 4 nitrogen and oxygen atoms in total. The van der Waals surface area contributed by atoms with Gasteiger partial charge < -0.3 is 4.90 Å².